The smallest absolute Gasteiger partial charge is 0.130 e. The molecule has 0 aromatic heterocycles. The Hall–Kier alpha value is -1.000. The molecule has 2 unspecified atom stereocenters. The van der Waals surface area contributed by atoms with Gasteiger partial charge >= 0.3 is 0 Å². The summed E-state index contributed by atoms with van der Waals surface area (Å²) in [6.45, 7) is 0. The summed E-state index contributed by atoms with van der Waals surface area (Å²) in [5, 5.41) is 2.43. The van der Waals surface area contributed by atoms with E-state index in [1.807, 2.05) is 14.2 Å². The average Bonchev–Trinajstić information content (AvgIpc) is 3.16. The zero-order valence-electron chi connectivity index (χ0n) is 14.5. The van der Waals surface area contributed by atoms with Gasteiger partial charge in [0.25, 0.3) is 0 Å². The maximum Gasteiger partial charge on any atom is 0.130 e. The first-order valence-corrected chi connectivity index (χ1v) is 11.7. The van der Waals surface area contributed by atoms with Gasteiger partial charge in [-0.1, -0.05) is 45.9 Å². The van der Waals surface area contributed by atoms with Crippen LogP contribution in [0.15, 0.2) is 24.3 Å². The van der Waals surface area contributed by atoms with Gasteiger partial charge in [0.15, 0.2) is 0 Å². The van der Waals surface area contributed by atoms with Crippen molar-refractivity contribution in [2.24, 2.45) is 23.7 Å². The first-order chi connectivity index (χ1) is 12.3. The zero-order chi connectivity index (χ0) is 16.7. The molecule has 2 aromatic rings. The first-order valence-electron chi connectivity index (χ1n) is 9.26. The molecule has 0 N–H and O–H groups in total. The molecule has 4 heteroatoms. The lowest BCUT2D eigenvalue weighted by molar-refractivity contribution is 0.00932. The van der Waals surface area contributed by atoms with Crippen LogP contribution in [0.1, 0.15) is 29.4 Å². The van der Waals surface area contributed by atoms with Crippen LogP contribution in [0.3, 0.4) is 0 Å². The molecule has 1 saturated heterocycles. The van der Waals surface area contributed by atoms with E-state index < -0.39 is 0 Å². The molecular formula is C21H22O2S2. The predicted molar refractivity (Wildman–Crippen MR) is 106 cm³/mol. The van der Waals surface area contributed by atoms with Gasteiger partial charge in [0.05, 0.1) is 14.2 Å². The Balaban J connectivity index is 1.61. The molecule has 3 aliphatic carbocycles. The second-order valence-electron chi connectivity index (χ2n) is 7.94. The Morgan fingerprint density at radius 1 is 0.800 bits per heavy atom. The Morgan fingerprint density at radius 2 is 1.28 bits per heavy atom. The standard InChI is InChI=1S/C21H22O2S2/c1-22-20-10-5-3-4-6-11(10)21(23-2)19-13-7-12(18(19)20)16-14-8-24-25-9-15(14)17(13)16/h3-6,12-17H,7-9H2,1-2H3/t12-,13+,14-,15-,16?,17?/m1/s1. The van der Waals surface area contributed by atoms with Crippen LogP contribution in [0.25, 0.3) is 10.8 Å². The fourth-order valence-electron chi connectivity index (χ4n) is 6.65. The number of ether oxygens (including phenoxy) is 2. The van der Waals surface area contributed by atoms with E-state index in [4.69, 9.17) is 9.47 Å². The van der Waals surface area contributed by atoms with Crippen molar-refractivity contribution in [1.82, 2.24) is 0 Å². The third-order valence-electron chi connectivity index (χ3n) is 7.37. The molecule has 130 valence electrons. The summed E-state index contributed by atoms with van der Waals surface area (Å²) in [7, 11) is 7.88. The number of rotatable bonds is 2. The van der Waals surface area contributed by atoms with Gasteiger partial charge in [-0.25, -0.2) is 0 Å². The third-order valence-corrected chi connectivity index (χ3v) is 9.90. The van der Waals surface area contributed by atoms with Crippen molar-refractivity contribution in [2.75, 3.05) is 25.7 Å². The van der Waals surface area contributed by atoms with Crippen molar-refractivity contribution in [2.45, 2.75) is 18.3 Å². The van der Waals surface area contributed by atoms with Crippen LogP contribution in [0.4, 0.5) is 0 Å². The lowest BCUT2D eigenvalue weighted by atomic mass is 9.52. The molecule has 3 fully saturated rings. The molecule has 2 bridgehead atoms. The van der Waals surface area contributed by atoms with Gasteiger partial charge < -0.3 is 9.47 Å². The predicted octanol–water partition coefficient (Wildman–Crippen LogP) is 5.31. The van der Waals surface area contributed by atoms with Gasteiger partial charge in [-0.05, 0) is 41.9 Å². The number of benzene rings is 2. The monoisotopic (exact) mass is 370 g/mol. The summed E-state index contributed by atoms with van der Waals surface area (Å²) >= 11 is 0. The molecule has 6 rings (SSSR count). The van der Waals surface area contributed by atoms with Crippen molar-refractivity contribution in [3.63, 3.8) is 0 Å². The summed E-state index contributed by atoms with van der Waals surface area (Å²) in [6, 6.07) is 8.61. The summed E-state index contributed by atoms with van der Waals surface area (Å²) in [5.41, 5.74) is 2.98. The average molecular weight is 371 g/mol. The fraction of sp³-hybridized carbons (Fsp3) is 0.524. The van der Waals surface area contributed by atoms with Gasteiger partial charge in [-0.15, -0.1) is 0 Å². The van der Waals surface area contributed by atoms with Gasteiger partial charge in [0.2, 0.25) is 0 Å². The zero-order valence-corrected chi connectivity index (χ0v) is 16.2. The molecule has 2 saturated carbocycles. The second-order valence-corrected chi connectivity index (χ2v) is 10.5. The third kappa shape index (κ3) is 1.71. The van der Waals surface area contributed by atoms with Gasteiger partial charge in [-0.3, -0.25) is 0 Å². The van der Waals surface area contributed by atoms with E-state index in [1.165, 1.54) is 39.8 Å². The molecule has 0 spiro atoms. The minimum Gasteiger partial charge on any atom is -0.496 e. The number of hydrogen-bond acceptors (Lipinski definition) is 4. The van der Waals surface area contributed by atoms with Gasteiger partial charge in [0.1, 0.15) is 11.5 Å². The molecule has 4 aliphatic rings. The van der Waals surface area contributed by atoms with Gasteiger partial charge in [-0.2, -0.15) is 0 Å². The number of methoxy groups -OCH3 is 2. The minimum absolute atomic E-state index is 0.684. The highest BCUT2D eigenvalue weighted by Gasteiger charge is 2.66. The molecule has 0 amide bonds. The van der Waals surface area contributed by atoms with E-state index in [1.54, 1.807) is 0 Å². The van der Waals surface area contributed by atoms with E-state index >= 15 is 0 Å². The Bertz CT molecular complexity index is 809. The number of hydrogen-bond donors (Lipinski definition) is 0. The first kappa shape index (κ1) is 15.1. The highest BCUT2D eigenvalue weighted by molar-refractivity contribution is 8.76. The van der Waals surface area contributed by atoms with Crippen LogP contribution >= 0.6 is 21.6 Å². The molecule has 25 heavy (non-hydrogen) atoms. The maximum absolute atomic E-state index is 6.00. The number of fused-ring (bicyclic) bond motifs is 12. The highest BCUT2D eigenvalue weighted by atomic mass is 33.1. The minimum atomic E-state index is 0.684. The maximum atomic E-state index is 6.00. The van der Waals surface area contributed by atoms with E-state index in [9.17, 15) is 0 Å². The lowest BCUT2D eigenvalue weighted by Crippen LogP contribution is -2.52. The van der Waals surface area contributed by atoms with Crippen LogP contribution in [0.5, 0.6) is 11.5 Å². The quantitative estimate of drug-likeness (QED) is 0.526. The van der Waals surface area contributed by atoms with Crippen molar-refractivity contribution in [3.05, 3.63) is 35.4 Å². The molecule has 2 aromatic carbocycles. The Kier molecular flexibility index (Phi) is 3.18. The molecular weight excluding hydrogens is 348 g/mol. The molecule has 2 nitrogen and oxygen atoms in total. The molecule has 0 radical (unpaired) electrons. The van der Waals surface area contributed by atoms with Crippen LogP contribution in [0.2, 0.25) is 0 Å². The van der Waals surface area contributed by atoms with Crippen molar-refractivity contribution >= 4 is 32.4 Å². The van der Waals surface area contributed by atoms with Crippen molar-refractivity contribution < 1.29 is 9.47 Å². The van der Waals surface area contributed by atoms with E-state index in [-0.39, 0.29) is 0 Å². The SMILES string of the molecule is COc1c2c(c(OC)c3ccccc13)[C@@H]1C[C@H]2C2C1[C@@H]1CSSC[C@@H]21. The largest absolute Gasteiger partial charge is 0.496 e. The van der Waals surface area contributed by atoms with E-state index in [2.05, 4.69) is 45.9 Å². The summed E-state index contributed by atoms with van der Waals surface area (Å²) in [6.07, 6.45) is 1.32. The molecule has 1 aliphatic heterocycles. The highest BCUT2D eigenvalue weighted by Crippen LogP contribution is 2.75. The fourth-order valence-corrected chi connectivity index (χ4v) is 9.62. The van der Waals surface area contributed by atoms with Crippen molar-refractivity contribution in [1.29, 1.82) is 0 Å². The Morgan fingerprint density at radius 3 is 1.72 bits per heavy atom. The lowest BCUT2D eigenvalue weighted by Gasteiger charge is -2.56. The molecule has 6 atom stereocenters. The summed E-state index contributed by atoms with van der Waals surface area (Å²) in [4.78, 5) is 0. The van der Waals surface area contributed by atoms with Crippen LogP contribution in [-0.4, -0.2) is 25.7 Å². The van der Waals surface area contributed by atoms with Gasteiger partial charge in [0, 0.05) is 33.4 Å². The summed E-state index contributed by atoms with van der Waals surface area (Å²) in [5.74, 6) is 9.95. The topological polar surface area (TPSA) is 18.5 Å². The van der Waals surface area contributed by atoms with Crippen LogP contribution in [-0.2, 0) is 0 Å². The summed E-state index contributed by atoms with van der Waals surface area (Å²) < 4.78 is 12.0. The normalized spacial score (nSPS) is 37.2. The molecule has 1 heterocycles. The van der Waals surface area contributed by atoms with Crippen LogP contribution in [0, 0.1) is 23.7 Å². The van der Waals surface area contributed by atoms with Crippen molar-refractivity contribution in [3.8, 4) is 11.5 Å². The van der Waals surface area contributed by atoms with Crippen LogP contribution < -0.4 is 9.47 Å². The van der Waals surface area contributed by atoms with E-state index in [0.717, 1.165) is 35.2 Å². The van der Waals surface area contributed by atoms with E-state index in [0.29, 0.717) is 11.8 Å². The second kappa shape index (κ2) is 5.26. The Labute approximate surface area is 156 Å².